The molecule has 0 heterocycles. The van der Waals surface area contributed by atoms with Gasteiger partial charge in [-0.25, -0.2) is 8.42 Å². The zero-order valence-corrected chi connectivity index (χ0v) is 24.6. The van der Waals surface area contributed by atoms with Crippen LogP contribution in [0.2, 0.25) is 0 Å². The predicted octanol–water partition coefficient (Wildman–Crippen LogP) is 4.57. The maximum absolute atomic E-state index is 13.9. The Morgan fingerprint density at radius 3 is 2.10 bits per heavy atom. The van der Waals surface area contributed by atoms with E-state index < -0.39 is 28.5 Å². The molecule has 0 bridgehead atoms. The number of rotatable bonds is 13. The van der Waals surface area contributed by atoms with Crippen molar-refractivity contribution in [1.29, 1.82) is 0 Å². The van der Waals surface area contributed by atoms with Crippen molar-refractivity contribution >= 4 is 27.5 Å². The first kappa shape index (κ1) is 30.7. The van der Waals surface area contributed by atoms with E-state index >= 15 is 0 Å². The largest absolute Gasteiger partial charge is 0.494 e. The predicted molar refractivity (Wildman–Crippen MR) is 158 cm³/mol. The summed E-state index contributed by atoms with van der Waals surface area (Å²) in [6, 6.07) is 21.8. The Balaban J connectivity index is 1.97. The standard InChI is InChI=1S/C31H39N3O5S/c1-6-39-28-16-18-29(19-17-28)40(37,38)34(27-14-12-24(4)13-15-27)22-30(35)33(25(5)31(36)32-23(2)3)21-20-26-10-8-7-9-11-26/h7-19,23,25H,6,20-22H2,1-5H3,(H,32,36). The third-order valence-electron chi connectivity index (χ3n) is 6.41. The summed E-state index contributed by atoms with van der Waals surface area (Å²) in [6.07, 6.45) is 0.516. The molecule has 0 aliphatic heterocycles. The van der Waals surface area contributed by atoms with Crippen LogP contribution in [0.15, 0.2) is 83.8 Å². The van der Waals surface area contributed by atoms with Gasteiger partial charge in [0.2, 0.25) is 11.8 Å². The number of anilines is 1. The molecular weight excluding hydrogens is 526 g/mol. The van der Waals surface area contributed by atoms with Gasteiger partial charge in [0.15, 0.2) is 0 Å². The van der Waals surface area contributed by atoms with Gasteiger partial charge in [-0.05, 0) is 83.0 Å². The van der Waals surface area contributed by atoms with Gasteiger partial charge in [0.05, 0.1) is 17.2 Å². The molecule has 0 spiro atoms. The number of aryl methyl sites for hydroxylation is 1. The molecular formula is C31H39N3O5S. The highest BCUT2D eigenvalue weighted by molar-refractivity contribution is 7.92. The average molecular weight is 566 g/mol. The van der Waals surface area contributed by atoms with Gasteiger partial charge in [-0.3, -0.25) is 13.9 Å². The van der Waals surface area contributed by atoms with Gasteiger partial charge in [-0.2, -0.15) is 0 Å². The van der Waals surface area contributed by atoms with E-state index in [9.17, 15) is 18.0 Å². The third-order valence-corrected chi connectivity index (χ3v) is 8.19. The number of carbonyl (C=O) groups is 2. The van der Waals surface area contributed by atoms with Gasteiger partial charge in [-0.1, -0.05) is 48.0 Å². The summed E-state index contributed by atoms with van der Waals surface area (Å²) in [5.74, 6) is -0.221. The summed E-state index contributed by atoms with van der Waals surface area (Å²) in [5.41, 5.74) is 2.32. The normalized spacial score (nSPS) is 12.1. The van der Waals surface area contributed by atoms with Crippen LogP contribution in [0, 0.1) is 6.92 Å². The highest BCUT2D eigenvalue weighted by Crippen LogP contribution is 2.26. The molecule has 1 N–H and O–H groups in total. The third kappa shape index (κ3) is 8.08. The van der Waals surface area contributed by atoms with Crippen molar-refractivity contribution in [2.75, 3.05) is 24.0 Å². The molecule has 0 aliphatic rings. The van der Waals surface area contributed by atoms with Crippen molar-refractivity contribution in [2.24, 2.45) is 0 Å². The molecule has 3 aromatic rings. The van der Waals surface area contributed by atoms with Crippen molar-refractivity contribution in [2.45, 2.75) is 58.0 Å². The second-order valence-corrected chi connectivity index (χ2v) is 11.8. The van der Waals surface area contributed by atoms with E-state index in [-0.39, 0.29) is 23.4 Å². The van der Waals surface area contributed by atoms with E-state index in [4.69, 9.17) is 4.74 Å². The van der Waals surface area contributed by atoms with Gasteiger partial charge < -0.3 is 15.0 Å². The van der Waals surface area contributed by atoms with Gasteiger partial charge in [-0.15, -0.1) is 0 Å². The van der Waals surface area contributed by atoms with Crippen molar-refractivity contribution in [3.63, 3.8) is 0 Å². The summed E-state index contributed by atoms with van der Waals surface area (Å²) in [6.45, 7) is 9.36. The minimum Gasteiger partial charge on any atom is -0.494 e. The first-order valence-electron chi connectivity index (χ1n) is 13.5. The van der Waals surface area contributed by atoms with Gasteiger partial charge in [0.1, 0.15) is 18.3 Å². The molecule has 214 valence electrons. The number of hydrogen-bond donors (Lipinski definition) is 1. The molecule has 0 aliphatic carbocycles. The maximum Gasteiger partial charge on any atom is 0.264 e. The minimum atomic E-state index is -4.13. The number of nitrogens with one attached hydrogen (secondary N) is 1. The van der Waals surface area contributed by atoms with Crippen molar-refractivity contribution in [3.8, 4) is 5.75 Å². The smallest absolute Gasteiger partial charge is 0.264 e. The molecule has 3 rings (SSSR count). The van der Waals surface area contributed by atoms with Crippen LogP contribution in [-0.2, 0) is 26.0 Å². The van der Waals surface area contributed by atoms with Gasteiger partial charge in [0.25, 0.3) is 10.0 Å². The van der Waals surface area contributed by atoms with Crippen LogP contribution >= 0.6 is 0 Å². The van der Waals surface area contributed by atoms with Crippen molar-refractivity contribution < 1.29 is 22.7 Å². The van der Waals surface area contributed by atoms with E-state index in [1.165, 1.54) is 17.0 Å². The van der Waals surface area contributed by atoms with E-state index in [1.807, 2.05) is 58.0 Å². The van der Waals surface area contributed by atoms with Crippen LogP contribution in [0.5, 0.6) is 5.75 Å². The Bertz CT molecular complexity index is 1360. The Morgan fingerprint density at radius 2 is 1.52 bits per heavy atom. The zero-order chi connectivity index (χ0) is 29.3. The molecule has 8 nitrogen and oxygen atoms in total. The Morgan fingerprint density at radius 1 is 0.900 bits per heavy atom. The second kappa shape index (κ2) is 14.0. The quantitative estimate of drug-likeness (QED) is 0.328. The molecule has 40 heavy (non-hydrogen) atoms. The van der Waals surface area contributed by atoms with Crippen molar-refractivity contribution in [1.82, 2.24) is 10.2 Å². The van der Waals surface area contributed by atoms with E-state index in [2.05, 4.69) is 5.32 Å². The highest BCUT2D eigenvalue weighted by Gasteiger charge is 2.32. The van der Waals surface area contributed by atoms with Crippen LogP contribution in [-0.4, -0.2) is 56.9 Å². The first-order valence-corrected chi connectivity index (χ1v) is 14.9. The topological polar surface area (TPSA) is 96.0 Å². The average Bonchev–Trinajstić information content (AvgIpc) is 2.93. The molecule has 0 saturated heterocycles. The molecule has 9 heteroatoms. The molecule has 3 aromatic carbocycles. The summed E-state index contributed by atoms with van der Waals surface area (Å²) in [4.78, 5) is 28.3. The summed E-state index contributed by atoms with van der Waals surface area (Å²) >= 11 is 0. The van der Waals surface area contributed by atoms with Gasteiger partial charge in [0, 0.05) is 12.6 Å². The van der Waals surface area contributed by atoms with E-state index in [0.29, 0.717) is 24.5 Å². The molecule has 1 unspecified atom stereocenters. The molecule has 0 radical (unpaired) electrons. The fourth-order valence-electron chi connectivity index (χ4n) is 4.22. The lowest BCUT2D eigenvalue weighted by molar-refractivity contribution is -0.139. The fraction of sp³-hybridized carbons (Fsp3) is 0.355. The van der Waals surface area contributed by atoms with Crippen molar-refractivity contribution in [3.05, 3.63) is 90.0 Å². The lowest BCUT2D eigenvalue weighted by Gasteiger charge is -2.32. The number of carbonyl (C=O) groups excluding carboxylic acids is 2. The molecule has 0 fully saturated rings. The Kier molecular flexibility index (Phi) is 10.7. The summed E-state index contributed by atoms with van der Waals surface area (Å²) < 4.78 is 34.4. The summed E-state index contributed by atoms with van der Waals surface area (Å²) in [5, 5.41) is 2.86. The Labute approximate surface area is 238 Å². The van der Waals surface area contributed by atoms with Crippen LogP contribution in [0.1, 0.15) is 38.8 Å². The monoisotopic (exact) mass is 565 g/mol. The second-order valence-electron chi connectivity index (χ2n) is 9.91. The molecule has 1 atom stereocenters. The van der Waals surface area contributed by atoms with E-state index in [1.54, 1.807) is 43.3 Å². The van der Waals surface area contributed by atoms with E-state index in [0.717, 1.165) is 15.4 Å². The minimum absolute atomic E-state index is 0.0331. The van der Waals surface area contributed by atoms with Gasteiger partial charge >= 0.3 is 0 Å². The number of hydrogen-bond acceptors (Lipinski definition) is 5. The number of benzene rings is 3. The summed E-state index contributed by atoms with van der Waals surface area (Å²) in [7, 11) is -4.13. The number of nitrogens with zero attached hydrogens (tertiary/aromatic N) is 2. The molecule has 0 saturated carbocycles. The SMILES string of the molecule is CCOc1ccc(S(=O)(=O)N(CC(=O)N(CCc2ccccc2)C(C)C(=O)NC(C)C)c2ccc(C)cc2)cc1. The number of amides is 2. The van der Waals surface area contributed by atoms with Crippen LogP contribution in [0.4, 0.5) is 5.69 Å². The molecule has 2 amide bonds. The highest BCUT2D eigenvalue weighted by atomic mass is 32.2. The fourth-order valence-corrected chi connectivity index (χ4v) is 5.63. The lowest BCUT2D eigenvalue weighted by atomic mass is 10.1. The zero-order valence-electron chi connectivity index (χ0n) is 23.8. The number of sulfonamides is 1. The Hall–Kier alpha value is -3.85. The first-order chi connectivity index (χ1) is 19.0. The van der Waals surface area contributed by atoms with Crippen LogP contribution in [0.3, 0.4) is 0 Å². The van der Waals surface area contributed by atoms with Crippen LogP contribution in [0.25, 0.3) is 0 Å². The maximum atomic E-state index is 13.9. The molecule has 0 aromatic heterocycles. The number of ether oxygens (including phenoxy) is 1. The lowest BCUT2D eigenvalue weighted by Crippen LogP contribution is -2.53. The van der Waals surface area contributed by atoms with Crippen LogP contribution < -0.4 is 14.4 Å².